The molecule has 0 N–H and O–H groups in total. The largest absolute Gasteiger partial charge is 0.456 e. The molecule has 0 aliphatic rings. The van der Waals surface area contributed by atoms with E-state index in [0.717, 1.165) is 5.30 Å². The molecule has 0 saturated heterocycles. The van der Waals surface area contributed by atoms with Gasteiger partial charge in [-0.1, -0.05) is 84.9 Å². The van der Waals surface area contributed by atoms with E-state index in [-0.39, 0.29) is 5.43 Å². The summed E-state index contributed by atoms with van der Waals surface area (Å²) in [5.74, 6) is 0. The van der Waals surface area contributed by atoms with E-state index in [1.807, 2.05) is 48.5 Å². The lowest BCUT2D eigenvalue weighted by molar-refractivity contribution is 0.660. The van der Waals surface area contributed by atoms with Gasteiger partial charge < -0.3 is 4.42 Å². The Kier molecular flexibility index (Phi) is 4.27. The van der Waals surface area contributed by atoms with E-state index in [9.17, 15) is 4.79 Å². The van der Waals surface area contributed by atoms with Gasteiger partial charge in [0, 0.05) is 0 Å². The highest BCUT2D eigenvalue weighted by Gasteiger charge is 2.21. The monoisotopic (exact) mass is 380 g/mol. The van der Waals surface area contributed by atoms with Gasteiger partial charge in [0.2, 0.25) is 5.43 Å². The maximum atomic E-state index is 13.4. The van der Waals surface area contributed by atoms with Crippen LogP contribution in [0, 0.1) is 0 Å². The average molecular weight is 380 g/mol. The van der Waals surface area contributed by atoms with Gasteiger partial charge in [-0.05, 0) is 42.0 Å². The van der Waals surface area contributed by atoms with Gasteiger partial charge in [0.25, 0.3) is 0 Å². The Balaban J connectivity index is 1.87. The normalized spacial score (nSPS) is 11.3. The Labute approximate surface area is 163 Å². The van der Waals surface area contributed by atoms with Crippen molar-refractivity contribution in [3.63, 3.8) is 0 Å². The smallest absolute Gasteiger partial charge is 0.201 e. The van der Waals surface area contributed by atoms with Gasteiger partial charge >= 0.3 is 0 Å². The Bertz CT molecular complexity index is 1290. The fraction of sp³-hybridized carbons (Fsp3) is 0. The number of fused-ring (bicyclic) bond motifs is 2. The van der Waals surface area contributed by atoms with Crippen LogP contribution in [0.4, 0.5) is 0 Å². The maximum Gasteiger partial charge on any atom is 0.201 e. The Morgan fingerprint density at radius 2 is 1.14 bits per heavy atom. The van der Waals surface area contributed by atoms with Crippen LogP contribution in [0.3, 0.4) is 0 Å². The van der Waals surface area contributed by atoms with Crippen molar-refractivity contribution >= 4 is 45.8 Å². The summed E-state index contributed by atoms with van der Waals surface area (Å²) in [6, 6.07) is 34.2. The van der Waals surface area contributed by atoms with E-state index in [4.69, 9.17) is 4.42 Å². The topological polar surface area (TPSA) is 30.2 Å². The predicted molar refractivity (Wildman–Crippen MR) is 119 cm³/mol. The molecule has 0 radical (unpaired) electrons. The van der Waals surface area contributed by atoms with Crippen LogP contribution < -0.4 is 21.3 Å². The van der Waals surface area contributed by atoms with Crippen LogP contribution in [0.15, 0.2) is 112 Å². The van der Waals surface area contributed by atoms with E-state index in [1.165, 1.54) is 10.6 Å². The first-order chi connectivity index (χ1) is 13.8. The summed E-state index contributed by atoms with van der Waals surface area (Å²) in [5, 5.41) is 4.76. The zero-order valence-electron chi connectivity index (χ0n) is 15.1. The lowest BCUT2D eigenvalue weighted by Gasteiger charge is -2.20. The first-order valence-corrected chi connectivity index (χ1v) is 10.5. The van der Waals surface area contributed by atoms with E-state index in [1.54, 1.807) is 0 Å². The molecule has 0 fully saturated rings. The molecule has 0 aliphatic heterocycles. The Morgan fingerprint density at radius 3 is 1.82 bits per heavy atom. The third-order valence-electron chi connectivity index (χ3n) is 4.85. The highest BCUT2D eigenvalue weighted by Crippen LogP contribution is 2.35. The summed E-state index contributed by atoms with van der Waals surface area (Å²) in [5.41, 5.74) is 1.30. The van der Waals surface area contributed by atoms with Gasteiger partial charge in [-0.2, -0.15) is 0 Å². The van der Waals surface area contributed by atoms with Crippen molar-refractivity contribution < 1.29 is 4.42 Å². The average Bonchev–Trinajstić information content (AvgIpc) is 2.76. The minimum absolute atomic E-state index is 0.0341. The molecule has 0 spiro atoms. The molecule has 28 heavy (non-hydrogen) atoms. The van der Waals surface area contributed by atoms with Gasteiger partial charge in [0.1, 0.15) is 11.2 Å². The third-order valence-corrected chi connectivity index (χ3v) is 7.34. The summed E-state index contributed by atoms with van der Waals surface area (Å²) in [7, 11) is -0.877. The van der Waals surface area contributed by atoms with Crippen molar-refractivity contribution in [2.45, 2.75) is 0 Å². The van der Waals surface area contributed by atoms with Crippen molar-refractivity contribution in [1.82, 2.24) is 0 Å². The van der Waals surface area contributed by atoms with Crippen LogP contribution in [0.25, 0.3) is 21.9 Å². The number of benzene rings is 4. The van der Waals surface area contributed by atoms with Crippen molar-refractivity contribution in [1.29, 1.82) is 0 Å². The number of hydrogen-bond acceptors (Lipinski definition) is 2. The SMILES string of the molecule is O=c1c2ccccc2oc2cccc(P(c3ccccc3)c3ccccc3)c12. The molecular formula is C25H17O2P. The molecule has 4 aromatic carbocycles. The molecule has 2 nitrogen and oxygen atoms in total. The molecule has 0 bridgehead atoms. The quantitative estimate of drug-likeness (QED) is 0.335. The molecule has 0 unspecified atom stereocenters. The molecule has 1 aromatic heterocycles. The predicted octanol–water partition coefficient (Wildman–Crippen LogP) is 4.70. The summed E-state index contributed by atoms with van der Waals surface area (Å²) >= 11 is 0. The second-order valence-corrected chi connectivity index (χ2v) is 8.77. The van der Waals surface area contributed by atoms with Crippen molar-refractivity contribution in [2.75, 3.05) is 0 Å². The fourth-order valence-corrected chi connectivity index (χ4v) is 6.06. The van der Waals surface area contributed by atoms with Gasteiger partial charge in [0.05, 0.1) is 10.8 Å². The fourth-order valence-electron chi connectivity index (χ4n) is 3.60. The van der Waals surface area contributed by atoms with Crippen molar-refractivity contribution in [3.05, 3.63) is 113 Å². The van der Waals surface area contributed by atoms with Crippen LogP contribution in [0.1, 0.15) is 0 Å². The summed E-state index contributed by atoms with van der Waals surface area (Å²) in [6.07, 6.45) is 0. The molecule has 0 atom stereocenters. The maximum absolute atomic E-state index is 13.4. The molecule has 5 aromatic rings. The van der Waals surface area contributed by atoms with Gasteiger partial charge in [-0.3, -0.25) is 4.79 Å². The highest BCUT2D eigenvalue weighted by atomic mass is 31.1. The Morgan fingerprint density at radius 1 is 0.571 bits per heavy atom. The van der Waals surface area contributed by atoms with Gasteiger partial charge in [-0.15, -0.1) is 0 Å². The zero-order valence-corrected chi connectivity index (χ0v) is 16.0. The van der Waals surface area contributed by atoms with Crippen LogP contribution in [0.5, 0.6) is 0 Å². The molecule has 0 saturated carbocycles. The molecular weight excluding hydrogens is 363 g/mol. The van der Waals surface area contributed by atoms with Crippen molar-refractivity contribution in [2.24, 2.45) is 0 Å². The number of rotatable bonds is 3. The first-order valence-electron chi connectivity index (χ1n) is 9.18. The lowest BCUT2D eigenvalue weighted by Crippen LogP contribution is -2.24. The van der Waals surface area contributed by atoms with Gasteiger partial charge in [0.15, 0.2) is 0 Å². The van der Waals surface area contributed by atoms with Gasteiger partial charge in [-0.25, -0.2) is 0 Å². The molecule has 3 heteroatoms. The van der Waals surface area contributed by atoms with E-state index < -0.39 is 7.92 Å². The standard InChI is InChI=1S/C25H17O2P/c26-25-20-14-7-8-15-21(20)27-22-16-9-17-23(24(22)25)28(18-10-3-1-4-11-18)19-12-5-2-6-13-19/h1-17H. The summed E-state index contributed by atoms with van der Waals surface area (Å²) < 4.78 is 6.10. The van der Waals surface area contributed by atoms with E-state index in [0.29, 0.717) is 21.9 Å². The minimum Gasteiger partial charge on any atom is -0.456 e. The third kappa shape index (κ3) is 2.83. The van der Waals surface area contributed by atoms with E-state index in [2.05, 4.69) is 54.6 Å². The summed E-state index contributed by atoms with van der Waals surface area (Å²) in [4.78, 5) is 13.4. The van der Waals surface area contributed by atoms with Crippen LogP contribution in [-0.2, 0) is 0 Å². The minimum atomic E-state index is -0.877. The van der Waals surface area contributed by atoms with E-state index >= 15 is 0 Å². The zero-order chi connectivity index (χ0) is 18.9. The van der Waals surface area contributed by atoms with Crippen LogP contribution in [-0.4, -0.2) is 0 Å². The van der Waals surface area contributed by atoms with Crippen LogP contribution >= 0.6 is 7.92 Å². The molecule has 5 rings (SSSR count). The lowest BCUT2D eigenvalue weighted by atomic mass is 10.1. The molecule has 0 aliphatic carbocycles. The van der Waals surface area contributed by atoms with Crippen molar-refractivity contribution in [3.8, 4) is 0 Å². The molecule has 1 heterocycles. The first kappa shape index (κ1) is 16.9. The molecule has 0 amide bonds. The van der Waals surface area contributed by atoms with Crippen LogP contribution in [0.2, 0.25) is 0 Å². The second kappa shape index (κ2) is 7.07. The second-order valence-electron chi connectivity index (χ2n) is 6.58. The summed E-state index contributed by atoms with van der Waals surface area (Å²) in [6.45, 7) is 0. The highest BCUT2D eigenvalue weighted by molar-refractivity contribution is 7.80. The Hall–Kier alpha value is -3.22. The number of para-hydroxylation sites is 1. The molecule has 134 valence electrons. The number of hydrogen-bond donors (Lipinski definition) is 0.